The molecule has 0 aliphatic heterocycles. The van der Waals surface area contributed by atoms with Gasteiger partial charge < -0.3 is 5.11 Å². The van der Waals surface area contributed by atoms with Crippen LogP contribution in [-0.4, -0.2) is 17.4 Å². The first-order chi connectivity index (χ1) is 11.5. The predicted molar refractivity (Wildman–Crippen MR) is 99.5 cm³/mol. The Morgan fingerprint density at radius 2 is 1.71 bits per heavy atom. The molecule has 0 spiro atoms. The second-order valence-corrected chi connectivity index (χ2v) is 7.61. The van der Waals surface area contributed by atoms with Crippen LogP contribution in [0.25, 0.3) is 20.9 Å². The molecule has 0 bridgehead atoms. The first kappa shape index (κ1) is 16.6. The highest BCUT2D eigenvalue weighted by atomic mass is 32.1. The molecule has 2 aromatic heterocycles. The summed E-state index contributed by atoms with van der Waals surface area (Å²) in [7, 11) is 0. The number of hydrogen-bond acceptors (Lipinski definition) is 4. The van der Waals surface area contributed by atoms with Crippen LogP contribution in [0.4, 0.5) is 0 Å². The summed E-state index contributed by atoms with van der Waals surface area (Å²) in [5.41, 5.74) is 4.61. The van der Waals surface area contributed by atoms with E-state index in [0.29, 0.717) is 4.88 Å². The van der Waals surface area contributed by atoms with E-state index < -0.39 is 5.97 Å². The average Bonchev–Trinajstić information content (AvgIpc) is 3.23. The Labute approximate surface area is 148 Å². The smallest absolute Gasteiger partial charge is 0.345 e. The molecular formula is C19H16O3S2. The van der Waals surface area contributed by atoms with Crippen molar-refractivity contribution in [1.82, 2.24) is 0 Å². The van der Waals surface area contributed by atoms with Gasteiger partial charge in [0.05, 0.1) is 4.88 Å². The minimum Gasteiger partial charge on any atom is -0.477 e. The van der Waals surface area contributed by atoms with E-state index in [2.05, 4.69) is 19.9 Å². The maximum absolute atomic E-state index is 11.1. The fourth-order valence-corrected chi connectivity index (χ4v) is 4.67. The molecule has 122 valence electrons. The normalized spacial score (nSPS) is 10.8. The number of hydrogen-bond donors (Lipinski definition) is 1. The molecule has 1 aromatic carbocycles. The zero-order valence-corrected chi connectivity index (χ0v) is 15.0. The van der Waals surface area contributed by atoms with Crippen molar-refractivity contribution in [2.45, 2.75) is 20.3 Å². The lowest BCUT2D eigenvalue weighted by Gasteiger charge is -2.14. The van der Waals surface area contributed by atoms with Crippen LogP contribution in [0.15, 0.2) is 36.4 Å². The first-order valence-corrected chi connectivity index (χ1v) is 9.19. The van der Waals surface area contributed by atoms with Crippen LogP contribution in [-0.2, 0) is 6.42 Å². The fourth-order valence-electron chi connectivity index (χ4n) is 2.87. The molecule has 0 aliphatic rings. The van der Waals surface area contributed by atoms with Gasteiger partial charge in [-0.1, -0.05) is 19.1 Å². The summed E-state index contributed by atoms with van der Waals surface area (Å²) in [5.74, 6) is -0.892. The molecule has 3 rings (SSSR count). The standard InChI is InChI=1S/C19H16O3S2/c1-3-13-11(2)14(16-8-9-18(24-16)19(21)22)5-6-15(13)17-7-4-12(10-20)23-17/h4-10H,3H2,1-2H3,(H,21,22). The van der Waals surface area contributed by atoms with E-state index in [-0.39, 0.29) is 0 Å². The summed E-state index contributed by atoms with van der Waals surface area (Å²) < 4.78 is 0. The lowest BCUT2D eigenvalue weighted by molar-refractivity contribution is 0.0702. The van der Waals surface area contributed by atoms with Gasteiger partial charge in [0, 0.05) is 9.75 Å². The van der Waals surface area contributed by atoms with Crippen LogP contribution >= 0.6 is 22.7 Å². The number of carbonyl (C=O) groups is 2. The van der Waals surface area contributed by atoms with Crippen molar-refractivity contribution >= 4 is 34.9 Å². The molecular weight excluding hydrogens is 340 g/mol. The number of rotatable bonds is 5. The summed E-state index contributed by atoms with van der Waals surface area (Å²) in [4.78, 5) is 25.2. The van der Waals surface area contributed by atoms with E-state index in [1.807, 2.05) is 24.3 Å². The zero-order valence-electron chi connectivity index (χ0n) is 13.3. The summed E-state index contributed by atoms with van der Waals surface area (Å²) in [6.45, 7) is 4.19. The molecule has 0 aliphatic carbocycles. The van der Waals surface area contributed by atoms with Crippen molar-refractivity contribution < 1.29 is 14.7 Å². The Hall–Kier alpha value is -2.24. The van der Waals surface area contributed by atoms with Crippen molar-refractivity contribution in [3.05, 3.63) is 57.3 Å². The van der Waals surface area contributed by atoms with Gasteiger partial charge >= 0.3 is 5.97 Å². The molecule has 0 fully saturated rings. The number of aldehydes is 1. The lowest BCUT2D eigenvalue weighted by Crippen LogP contribution is -1.93. The fraction of sp³-hybridized carbons (Fsp3) is 0.158. The van der Waals surface area contributed by atoms with Gasteiger partial charge in [-0.2, -0.15) is 0 Å². The van der Waals surface area contributed by atoms with E-state index in [9.17, 15) is 9.59 Å². The zero-order chi connectivity index (χ0) is 17.3. The molecule has 0 saturated heterocycles. The van der Waals surface area contributed by atoms with Gasteiger partial charge in [-0.3, -0.25) is 4.79 Å². The third-order valence-corrected chi connectivity index (χ3v) is 6.19. The number of carboxylic acids is 1. The average molecular weight is 356 g/mol. The van der Waals surface area contributed by atoms with Gasteiger partial charge in [0.25, 0.3) is 0 Å². The highest BCUT2D eigenvalue weighted by Gasteiger charge is 2.15. The molecule has 24 heavy (non-hydrogen) atoms. The van der Waals surface area contributed by atoms with E-state index in [4.69, 9.17) is 5.11 Å². The van der Waals surface area contributed by atoms with E-state index >= 15 is 0 Å². The molecule has 0 amide bonds. The van der Waals surface area contributed by atoms with Crippen molar-refractivity contribution in [3.63, 3.8) is 0 Å². The Balaban J connectivity index is 2.10. The van der Waals surface area contributed by atoms with E-state index in [0.717, 1.165) is 44.0 Å². The van der Waals surface area contributed by atoms with Crippen LogP contribution in [0.5, 0.6) is 0 Å². The number of benzene rings is 1. The third kappa shape index (κ3) is 2.92. The topological polar surface area (TPSA) is 54.4 Å². The second kappa shape index (κ2) is 6.71. The van der Waals surface area contributed by atoms with Gasteiger partial charge in [-0.05, 0) is 59.9 Å². The van der Waals surface area contributed by atoms with Crippen LogP contribution in [0, 0.1) is 6.92 Å². The molecule has 1 N–H and O–H groups in total. The van der Waals surface area contributed by atoms with Gasteiger partial charge in [-0.15, -0.1) is 22.7 Å². The summed E-state index contributed by atoms with van der Waals surface area (Å²) in [6, 6.07) is 11.5. The third-order valence-electron chi connectivity index (χ3n) is 4.04. The Morgan fingerprint density at radius 3 is 2.29 bits per heavy atom. The van der Waals surface area contributed by atoms with Crippen LogP contribution in [0.1, 0.15) is 37.4 Å². The van der Waals surface area contributed by atoms with Crippen molar-refractivity contribution in [3.8, 4) is 20.9 Å². The molecule has 5 heteroatoms. The van der Waals surface area contributed by atoms with Crippen LogP contribution < -0.4 is 0 Å². The molecule has 0 atom stereocenters. The number of aromatic carboxylic acids is 1. The second-order valence-electron chi connectivity index (χ2n) is 5.41. The summed E-state index contributed by atoms with van der Waals surface area (Å²) in [5, 5.41) is 9.12. The number of carbonyl (C=O) groups excluding carboxylic acids is 1. The quantitative estimate of drug-likeness (QED) is 0.612. The van der Waals surface area contributed by atoms with Crippen molar-refractivity contribution in [2.75, 3.05) is 0 Å². The first-order valence-electron chi connectivity index (χ1n) is 7.56. The molecule has 2 heterocycles. The van der Waals surface area contributed by atoms with E-state index in [1.165, 1.54) is 28.2 Å². The molecule has 3 nitrogen and oxygen atoms in total. The molecule has 0 radical (unpaired) electrons. The van der Waals surface area contributed by atoms with Crippen molar-refractivity contribution in [2.24, 2.45) is 0 Å². The minimum atomic E-state index is -0.892. The SMILES string of the molecule is CCc1c(-c2ccc(C=O)s2)ccc(-c2ccc(C(=O)O)s2)c1C. The summed E-state index contributed by atoms with van der Waals surface area (Å²) in [6.07, 6.45) is 1.75. The summed E-state index contributed by atoms with van der Waals surface area (Å²) >= 11 is 2.78. The Bertz CT molecular complexity index is 919. The Morgan fingerprint density at radius 1 is 1.04 bits per heavy atom. The molecule has 3 aromatic rings. The maximum atomic E-state index is 11.1. The highest BCUT2D eigenvalue weighted by molar-refractivity contribution is 7.17. The molecule has 0 unspecified atom stereocenters. The predicted octanol–water partition coefficient (Wildman–Crippen LogP) is 5.53. The minimum absolute atomic E-state index is 0.348. The largest absolute Gasteiger partial charge is 0.477 e. The molecule has 0 saturated carbocycles. The number of carboxylic acid groups (broad SMARTS) is 1. The lowest BCUT2D eigenvalue weighted by atomic mass is 9.93. The van der Waals surface area contributed by atoms with Gasteiger partial charge in [0.1, 0.15) is 4.88 Å². The van der Waals surface area contributed by atoms with Crippen LogP contribution in [0.2, 0.25) is 0 Å². The monoisotopic (exact) mass is 356 g/mol. The number of thiophene rings is 2. The van der Waals surface area contributed by atoms with Crippen molar-refractivity contribution in [1.29, 1.82) is 0 Å². The van der Waals surface area contributed by atoms with Gasteiger partial charge in [0.2, 0.25) is 0 Å². The van der Waals surface area contributed by atoms with E-state index in [1.54, 1.807) is 6.07 Å². The Kier molecular flexibility index (Phi) is 4.64. The maximum Gasteiger partial charge on any atom is 0.345 e. The van der Waals surface area contributed by atoms with Gasteiger partial charge in [0.15, 0.2) is 6.29 Å². The highest BCUT2D eigenvalue weighted by Crippen LogP contribution is 2.38. The van der Waals surface area contributed by atoms with Gasteiger partial charge in [-0.25, -0.2) is 4.79 Å². The van der Waals surface area contributed by atoms with Crippen LogP contribution in [0.3, 0.4) is 0 Å².